The van der Waals surface area contributed by atoms with Crippen molar-refractivity contribution < 1.29 is 24.0 Å². The molecule has 4 aromatic rings. The molecule has 0 radical (unpaired) electrons. The lowest BCUT2D eigenvalue weighted by molar-refractivity contribution is -0.384. The molecule has 38 heavy (non-hydrogen) atoms. The van der Waals surface area contributed by atoms with E-state index in [4.69, 9.17) is 9.47 Å². The van der Waals surface area contributed by atoms with Crippen LogP contribution in [-0.4, -0.2) is 23.3 Å². The third-order valence-corrected chi connectivity index (χ3v) is 6.01. The number of rotatable bonds is 8. The molecule has 0 spiro atoms. The quantitative estimate of drug-likeness (QED) is 0.253. The van der Waals surface area contributed by atoms with Crippen LogP contribution in [0.2, 0.25) is 0 Å². The maximum absolute atomic E-state index is 12.9. The Bertz CT molecular complexity index is 1470. The molecule has 0 bridgehead atoms. The van der Waals surface area contributed by atoms with Crippen molar-refractivity contribution in [2.24, 2.45) is 0 Å². The number of carbonyl (C=O) groups excluding carboxylic acids is 2. The maximum Gasteiger partial charge on any atom is 0.269 e. The number of fused-ring (bicyclic) bond motifs is 1. The van der Waals surface area contributed by atoms with E-state index in [1.54, 1.807) is 54.6 Å². The zero-order valence-electron chi connectivity index (χ0n) is 20.2. The number of nitro groups is 1. The highest BCUT2D eigenvalue weighted by Crippen LogP contribution is 2.34. The fraction of sp³-hybridized carbons (Fsp3) is 0.103. The van der Waals surface area contributed by atoms with Crippen LogP contribution in [0.25, 0.3) is 0 Å². The van der Waals surface area contributed by atoms with Crippen molar-refractivity contribution in [2.75, 3.05) is 16.8 Å². The Labute approximate surface area is 218 Å². The fourth-order valence-corrected chi connectivity index (χ4v) is 4.00. The van der Waals surface area contributed by atoms with E-state index < -0.39 is 4.92 Å². The van der Waals surface area contributed by atoms with Gasteiger partial charge in [-0.1, -0.05) is 42.5 Å². The predicted molar refractivity (Wildman–Crippen MR) is 141 cm³/mol. The summed E-state index contributed by atoms with van der Waals surface area (Å²) in [5, 5.41) is 13.8. The van der Waals surface area contributed by atoms with Gasteiger partial charge in [-0.15, -0.1) is 0 Å². The SMILES string of the molecule is O=C(Nc1ccc(OCc2ccccc2)cc1)c1ccc2c(c1)OCC(=O)N2Cc1ccc([N+](=O)[O-])cc1. The van der Waals surface area contributed by atoms with Crippen LogP contribution in [0.4, 0.5) is 17.1 Å². The molecule has 190 valence electrons. The van der Waals surface area contributed by atoms with Crippen LogP contribution in [0.1, 0.15) is 21.5 Å². The first kappa shape index (κ1) is 24.5. The van der Waals surface area contributed by atoms with Crippen LogP contribution >= 0.6 is 0 Å². The molecule has 4 aromatic carbocycles. The average Bonchev–Trinajstić information content (AvgIpc) is 2.95. The van der Waals surface area contributed by atoms with Crippen LogP contribution in [-0.2, 0) is 17.9 Å². The minimum absolute atomic E-state index is 0.0209. The van der Waals surface area contributed by atoms with Crippen molar-refractivity contribution in [3.8, 4) is 11.5 Å². The standard InChI is InChI=1S/C29H23N3O6/c33-28-19-38-27-16-22(8-15-26(27)31(28)17-20-6-11-24(12-7-20)32(35)36)29(34)30-23-9-13-25(14-10-23)37-18-21-4-2-1-3-5-21/h1-16H,17-19H2,(H,30,34). The molecule has 1 heterocycles. The number of nitro benzene ring substituents is 1. The predicted octanol–water partition coefficient (Wildman–Crippen LogP) is 5.35. The van der Waals surface area contributed by atoms with E-state index in [2.05, 4.69) is 5.32 Å². The van der Waals surface area contributed by atoms with Gasteiger partial charge in [0.25, 0.3) is 17.5 Å². The van der Waals surface area contributed by atoms with Gasteiger partial charge >= 0.3 is 0 Å². The van der Waals surface area contributed by atoms with E-state index >= 15 is 0 Å². The van der Waals surface area contributed by atoms with Crippen molar-refractivity contribution in [3.63, 3.8) is 0 Å². The summed E-state index contributed by atoms with van der Waals surface area (Å²) in [6.45, 7) is 0.498. The number of benzene rings is 4. The Hall–Kier alpha value is -5.18. The maximum atomic E-state index is 12.9. The molecule has 2 amide bonds. The zero-order valence-corrected chi connectivity index (χ0v) is 20.2. The number of anilines is 2. The summed E-state index contributed by atoms with van der Waals surface area (Å²) in [6.07, 6.45) is 0. The summed E-state index contributed by atoms with van der Waals surface area (Å²) in [5.74, 6) is 0.520. The first-order chi connectivity index (χ1) is 18.5. The minimum atomic E-state index is -0.473. The molecule has 0 aliphatic carbocycles. The first-order valence-corrected chi connectivity index (χ1v) is 11.8. The number of carbonyl (C=O) groups is 2. The fourth-order valence-electron chi connectivity index (χ4n) is 4.00. The highest BCUT2D eigenvalue weighted by molar-refractivity contribution is 6.06. The van der Waals surface area contributed by atoms with Gasteiger partial charge < -0.3 is 19.7 Å². The Kier molecular flexibility index (Phi) is 6.99. The number of nitrogens with zero attached hydrogens (tertiary/aromatic N) is 2. The smallest absolute Gasteiger partial charge is 0.269 e. The third kappa shape index (κ3) is 5.62. The van der Waals surface area contributed by atoms with Crippen LogP contribution in [0.5, 0.6) is 11.5 Å². The summed E-state index contributed by atoms with van der Waals surface area (Å²) in [6, 6.07) is 27.8. The highest BCUT2D eigenvalue weighted by atomic mass is 16.6. The van der Waals surface area contributed by atoms with Crippen molar-refractivity contribution in [2.45, 2.75) is 13.2 Å². The van der Waals surface area contributed by atoms with E-state index in [-0.39, 0.29) is 30.7 Å². The molecule has 1 aliphatic rings. The highest BCUT2D eigenvalue weighted by Gasteiger charge is 2.27. The molecule has 0 aromatic heterocycles. The summed E-state index contributed by atoms with van der Waals surface area (Å²) < 4.78 is 11.4. The van der Waals surface area contributed by atoms with E-state index in [1.807, 2.05) is 30.3 Å². The molecule has 0 fully saturated rings. The lowest BCUT2D eigenvalue weighted by Crippen LogP contribution is -2.38. The molecular formula is C29H23N3O6. The number of hydrogen-bond donors (Lipinski definition) is 1. The van der Waals surface area contributed by atoms with Crippen LogP contribution in [0, 0.1) is 10.1 Å². The normalized spacial score (nSPS) is 12.3. The summed E-state index contributed by atoms with van der Waals surface area (Å²) in [4.78, 5) is 37.4. The summed E-state index contributed by atoms with van der Waals surface area (Å²) in [7, 11) is 0. The molecule has 9 nitrogen and oxygen atoms in total. The topological polar surface area (TPSA) is 111 Å². The number of hydrogen-bond acceptors (Lipinski definition) is 6. The monoisotopic (exact) mass is 509 g/mol. The van der Waals surface area contributed by atoms with E-state index in [0.717, 1.165) is 11.1 Å². The lowest BCUT2D eigenvalue weighted by Gasteiger charge is -2.29. The van der Waals surface area contributed by atoms with Crippen molar-refractivity contribution >= 4 is 28.9 Å². The van der Waals surface area contributed by atoms with Crippen LogP contribution in [0.15, 0.2) is 97.1 Å². The van der Waals surface area contributed by atoms with Gasteiger partial charge in [0.2, 0.25) is 0 Å². The number of ether oxygens (including phenoxy) is 2. The van der Waals surface area contributed by atoms with E-state index in [9.17, 15) is 19.7 Å². The molecule has 0 atom stereocenters. The Balaban J connectivity index is 1.24. The first-order valence-electron chi connectivity index (χ1n) is 11.8. The molecule has 9 heteroatoms. The molecule has 5 rings (SSSR count). The van der Waals surface area contributed by atoms with Crippen molar-refractivity contribution in [1.29, 1.82) is 0 Å². The third-order valence-electron chi connectivity index (χ3n) is 6.01. The van der Waals surface area contributed by atoms with Gasteiger partial charge in [0.15, 0.2) is 6.61 Å². The minimum Gasteiger partial charge on any atom is -0.489 e. The Morgan fingerprint density at radius 2 is 1.68 bits per heavy atom. The molecule has 1 aliphatic heterocycles. The zero-order chi connectivity index (χ0) is 26.5. The van der Waals surface area contributed by atoms with E-state index in [0.29, 0.717) is 35.0 Å². The largest absolute Gasteiger partial charge is 0.489 e. The summed E-state index contributed by atoms with van der Waals surface area (Å²) >= 11 is 0. The van der Waals surface area contributed by atoms with Crippen molar-refractivity contribution in [1.82, 2.24) is 0 Å². The number of amides is 2. The van der Waals surface area contributed by atoms with Gasteiger partial charge in [-0.05, 0) is 53.6 Å². The average molecular weight is 510 g/mol. The second-order valence-electron chi connectivity index (χ2n) is 8.63. The van der Waals surface area contributed by atoms with Crippen molar-refractivity contribution in [3.05, 3.63) is 124 Å². The lowest BCUT2D eigenvalue weighted by atomic mass is 10.1. The molecule has 0 saturated carbocycles. The van der Waals surface area contributed by atoms with Gasteiger partial charge in [-0.3, -0.25) is 19.7 Å². The van der Waals surface area contributed by atoms with Crippen LogP contribution < -0.4 is 19.7 Å². The molecule has 1 N–H and O–H groups in total. The summed E-state index contributed by atoms with van der Waals surface area (Å²) in [5.41, 5.74) is 3.28. The Morgan fingerprint density at radius 1 is 0.947 bits per heavy atom. The van der Waals surface area contributed by atoms with Gasteiger partial charge in [-0.25, -0.2) is 0 Å². The van der Waals surface area contributed by atoms with Crippen LogP contribution in [0.3, 0.4) is 0 Å². The number of nitrogens with one attached hydrogen (secondary N) is 1. The Morgan fingerprint density at radius 3 is 2.39 bits per heavy atom. The molecule has 0 saturated heterocycles. The van der Waals surface area contributed by atoms with Gasteiger partial charge in [0.1, 0.15) is 18.1 Å². The van der Waals surface area contributed by atoms with Gasteiger partial charge in [0, 0.05) is 23.4 Å². The second kappa shape index (κ2) is 10.8. The van der Waals surface area contributed by atoms with E-state index in [1.165, 1.54) is 17.0 Å². The molecule has 0 unspecified atom stereocenters. The number of non-ortho nitro benzene ring substituents is 1. The van der Waals surface area contributed by atoms with Gasteiger partial charge in [-0.2, -0.15) is 0 Å². The van der Waals surface area contributed by atoms with Gasteiger partial charge in [0.05, 0.1) is 17.2 Å². The second-order valence-corrected chi connectivity index (χ2v) is 8.63. The molecular weight excluding hydrogens is 486 g/mol.